The highest BCUT2D eigenvalue weighted by atomic mass is 35.5. The highest BCUT2D eigenvalue weighted by Gasteiger charge is 2.20. The van der Waals surface area contributed by atoms with Crippen molar-refractivity contribution in [2.24, 2.45) is 0 Å². The van der Waals surface area contributed by atoms with Crippen molar-refractivity contribution in [3.05, 3.63) is 35.9 Å². The van der Waals surface area contributed by atoms with Crippen molar-refractivity contribution in [3.63, 3.8) is 0 Å². The Kier molecular flexibility index (Phi) is 5.19. The van der Waals surface area contributed by atoms with Gasteiger partial charge < -0.3 is 5.73 Å². The molecule has 0 atom stereocenters. The molecule has 4 nitrogen and oxygen atoms in total. The minimum atomic E-state index is -3.50. The maximum absolute atomic E-state index is 12.2. The van der Waals surface area contributed by atoms with Crippen LogP contribution in [0.4, 0.5) is 5.69 Å². The monoisotopic (exact) mass is 288 g/mol. The molecule has 0 aromatic heterocycles. The third-order valence-electron chi connectivity index (χ3n) is 2.56. The lowest BCUT2D eigenvalue weighted by molar-refractivity contribution is 0.463. The molecule has 18 heavy (non-hydrogen) atoms. The Balaban J connectivity index is 2.91. The van der Waals surface area contributed by atoms with Gasteiger partial charge in [-0.1, -0.05) is 17.7 Å². The van der Waals surface area contributed by atoms with E-state index in [-0.39, 0.29) is 10.6 Å². The lowest BCUT2D eigenvalue weighted by atomic mass is 10.3. The molecule has 0 heterocycles. The van der Waals surface area contributed by atoms with Crippen LogP contribution < -0.4 is 5.73 Å². The van der Waals surface area contributed by atoms with E-state index in [1.54, 1.807) is 13.1 Å². The van der Waals surface area contributed by atoms with Gasteiger partial charge in [-0.25, -0.2) is 12.7 Å². The average Bonchev–Trinajstić information content (AvgIpc) is 2.32. The average molecular weight is 289 g/mol. The molecule has 100 valence electrons. The van der Waals surface area contributed by atoms with Crippen LogP contribution in [0.3, 0.4) is 0 Å². The number of anilines is 1. The second-order valence-electron chi connectivity index (χ2n) is 3.94. The first-order valence-electron chi connectivity index (χ1n) is 5.52. The Labute approximate surface area is 113 Å². The summed E-state index contributed by atoms with van der Waals surface area (Å²) in [4.78, 5) is 0.158. The molecule has 0 aliphatic heterocycles. The van der Waals surface area contributed by atoms with Crippen LogP contribution in [0.5, 0.6) is 0 Å². The number of sulfonamides is 1. The van der Waals surface area contributed by atoms with Crippen molar-refractivity contribution in [2.45, 2.75) is 17.7 Å². The van der Waals surface area contributed by atoms with Gasteiger partial charge in [0.05, 0.1) is 15.6 Å². The highest BCUT2D eigenvalue weighted by Crippen LogP contribution is 2.24. The van der Waals surface area contributed by atoms with Crippen molar-refractivity contribution in [3.8, 4) is 0 Å². The zero-order valence-corrected chi connectivity index (χ0v) is 11.8. The molecule has 0 saturated carbocycles. The van der Waals surface area contributed by atoms with Gasteiger partial charge in [0.15, 0.2) is 0 Å². The van der Waals surface area contributed by atoms with E-state index in [0.717, 1.165) is 12.8 Å². The van der Waals surface area contributed by atoms with Gasteiger partial charge in [0.2, 0.25) is 10.0 Å². The summed E-state index contributed by atoms with van der Waals surface area (Å²) in [5.74, 6) is 0. The first-order chi connectivity index (χ1) is 8.39. The van der Waals surface area contributed by atoms with E-state index in [2.05, 4.69) is 6.58 Å². The third-order valence-corrected chi connectivity index (χ3v) is 4.75. The van der Waals surface area contributed by atoms with Gasteiger partial charge >= 0.3 is 0 Å². The maximum atomic E-state index is 12.2. The fourth-order valence-corrected chi connectivity index (χ4v) is 2.80. The van der Waals surface area contributed by atoms with E-state index in [4.69, 9.17) is 17.3 Å². The van der Waals surface area contributed by atoms with Crippen molar-refractivity contribution in [1.82, 2.24) is 4.31 Å². The van der Waals surface area contributed by atoms with Crippen LogP contribution in [0.1, 0.15) is 12.8 Å². The summed E-state index contributed by atoms with van der Waals surface area (Å²) >= 11 is 5.77. The molecular weight excluding hydrogens is 272 g/mol. The molecule has 0 radical (unpaired) electrons. The van der Waals surface area contributed by atoms with E-state index in [1.165, 1.54) is 22.5 Å². The van der Waals surface area contributed by atoms with Crippen molar-refractivity contribution >= 4 is 27.3 Å². The molecule has 0 aliphatic rings. The standard InChI is InChI=1S/C12H17ClN2O2S/c1-3-4-5-8-15(2)18(16,17)10-6-7-11(13)12(14)9-10/h3,6-7,9H,1,4-5,8,14H2,2H3. The maximum Gasteiger partial charge on any atom is 0.242 e. The minimum absolute atomic E-state index is 0.158. The van der Waals surface area contributed by atoms with Crippen LogP contribution >= 0.6 is 11.6 Å². The van der Waals surface area contributed by atoms with Crippen LogP contribution in [-0.2, 0) is 10.0 Å². The number of rotatable bonds is 6. The molecular formula is C12H17ClN2O2S. The van der Waals surface area contributed by atoms with Crippen LogP contribution in [0.25, 0.3) is 0 Å². The second kappa shape index (κ2) is 6.22. The van der Waals surface area contributed by atoms with Crippen LogP contribution in [0.15, 0.2) is 35.7 Å². The van der Waals surface area contributed by atoms with Crippen molar-refractivity contribution < 1.29 is 8.42 Å². The Hall–Kier alpha value is -1.04. The lowest BCUT2D eigenvalue weighted by Crippen LogP contribution is -2.28. The first kappa shape index (κ1) is 15.0. The Bertz CT molecular complexity index is 529. The van der Waals surface area contributed by atoms with Gasteiger partial charge in [-0.2, -0.15) is 0 Å². The zero-order valence-electron chi connectivity index (χ0n) is 10.3. The lowest BCUT2D eigenvalue weighted by Gasteiger charge is -2.17. The van der Waals surface area contributed by atoms with Crippen LogP contribution in [0, 0.1) is 0 Å². The van der Waals surface area contributed by atoms with Gasteiger partial charge in [0.1, 0.15) is 0 Å². The zero-order chi connectivity index (χ0) is 13.8. The van der Waals surface area contributed by atoms with Gasteiger partial charge in [-0.05, 0) is 31.0 Å². The number of hydrogen-bond acceptors (Lipinski definition) is 3. The molecule has 0 aliphatic carbocycles. The molecule has 1 aromatic rings. The minimum Gasteiger partial charge on any atom is -0.397 e. The molecule has 6 heteroatoms. The SMILES string of the molecule is C=CCCCN(C)S(=O)(=O)c1ccc(Cl)c(N)c1. The number of nitrogens with zero attached hydrogens (tertiary/aromatic N) is 1. The first-order valence-corrected chi connectivity index (χ1v) is 7.33. The number of allylic oxidation sites excluding steroid dienone is 1. The number of unbranched alkanes of at least 4 members (excludes halogenated alkanes) is 1. The summed E-state index contributed by atoms with van der Waals surface area (Å²) in [5.41, 5.74) is 5.87. The van der Waals surface area contributed by atoms with E-state index in [1.807, 2.05) is 0 Å². The number of benzene rings is 1. The summed E-state index contributed by atoms with van der Waals surface area (Å²) in [5, 5.41) is 0.350. The van der Waals surface area contributed by atoms with E-state index in [9.17, 15) is 8.42 Å². The topological polar surface area (TPSA) is 63.4 Å². The predicted molar refractivity (Wildman–Crippen MR) is 75.1 cm³/mol. The fourth-order valence-electron chi connectivity index (χ4n) is 1.44. The molecule has 2 N–H and O–H groups in total. The van der Waals surface area contributed by atoms with Crippen LogP contribution in [-0.4, -0.2) is 26.3 Å². The number of nitrogen functional groups attached to an aromatic ring is 1. The second-order valence-corrected chi connectivity index (χ2v) is 6.39. The van der Waals surface area contributed by atoms with E-state index < -0.39 is 10.0 Å². The Morgan fingerprint density at radius 2 is 2.17 bits per heavy atom. The fraction of sp³-hybridized carbons (Fsp3) is 0.333. The summed E-state index contributed by atoms with van der Waals surface area (Å²) in [7, 11) is -1.95. The summed E-state index contributed by atoms with van der Waals surface area (Å²) in [6.45, 7) is 4.04. The van der Waals surface area contributed by atoms with Crippen LogP contribution in [0.2, 0.25) is 5.02 Å². The number of halogens is 1. The molecule has 0 spiro atoms. The molecule has 1 aromatic carbocycles. The molecule has 0 fully saturated rings. The number of hydrogen-bond donors (Lipinski definition) is 1. The van der Waals surface area contributed by atoms with Crippen molar-refractivity contribution in [1.29, 1.82) is 0 Å². The smallest absolute Gasteiger partial charge is 0.242 e. The van der Waals surface area contributed by atoms with Crippen molar-refractivity contribution in [2.75, 3.05) is 19.3 Å². The van der Waals surface area contributed by atoms with Gasteiger partial charge in [0, 0.05) is 13.6 Å². The van der Waals surface area contributed by atoms with Gasteiger partial charge in [-0.3, -0.25) is 0 Å². The largest absolute Gasteiger partial charge is 0.397 e. The normalized spacial score (nSPS) is 11.7. The molecule has 0 unspecified atom stereocenters. The predicted octanol–water partition coefficient (Wildman–Crippen LogP) is 2.51. The Morgan fingerprint density at radius 3 is 2.72 bits per heavy atom. The van der Waals surface area contributed by atoms with Gasteiger partial charge in [0.25, 0.3) is 0 Å². The third kappa shape index (κ3) is 3.48. The Morgan fingerprint density at radius 1 is 1.50 bits per heavy atom. The highest BCUT2D eigenvalue weighted by molar-refractivity contribution is 7.89. The molecule has 0 bridgehead atoms. The summed E-state index contributed by atoms with van der Waals surface area (Å²) < 4.78 is 25.7. The van der Waals surface area contributed by atoms with E-state index in [0.29, 0.717) is 11.6 Å². The van der Waals surface area contributed by atoms with E-state index >= 15 is 0 Å². The molecule has 0 amide bonds. The number of nitrogens with two attached hydrogens (primary N) is 1. The summed E-state index contributed by atoms with van der Waals surface area (Å²) in [6.07, 6.45) is 3.28. The quantitative estimate of drug-likeness (QED) is 0.497. The molecule has 0 saturated heterocycles. The van der Waals surface area contributed by atoms with Gasteiger partial charge in [-0.15, -0.1) is 6.58 Å². The summed E-state index contributed by atoms with van der Waals surface area (Å²) in [6, 6.07) is 4.32. The molecule has 1 rings (SSSR count).